The lowest BCUT2D eigenvalue weighted by Crippen LogP contribution is -2.02. The maximum atomic E-state index is 3.42. The summed E-state index contributed by atoms with van der Waals surface area (Å²) in [6.07, 6.45) is 8.11. The number of nitrogens with one attached hydrogen (secondary N) is 1. The van der Waals surface area contributed by atoms with Gasteiger partial charge >= 0.3 is 0 Å². The third kappa shape index (κ3) is 6.29. The number of benzene rings is 1. The molecule has 0 aliphatic carbocycles. The van der Waals surface area contributed by atoms with Gasteiger partial charge < -0.3 is 5.32 Å². The lowest BCUT2D eigenvalue weighted by atomic mass is 10.1. The first-order chi connectivity index (χ1) is 8.72. The molecule has 1 aromatic rings. The molecule has 0 amide bonds. The Morgan fingerprint density at radius 3 is 2.44 bits per heavy atom. The van der Waals surface area contributed by atoms with E-state index in [2.05, 4.69) is 62.5 Å². The van der Waals surface area contributed by atoms with Crippen molar-refractivity contribution < 1.29 is 0 Å². The molecule has 0 saturated carbocycles. The highest BCUT2D eigenvalue weighted by atomic mass is 14.9. The lowest BCUT2D eigenvalue weighted by molar-refractivity contribution is 0.948. The van der Waals surface area contributed by atoms with Gasteiger partial charge in [-0.1, -0.05) is 48.4 Å². The van der Waals surface area contributed by atoms with E-state index in [1.807, 2.05) is 6.07 Å². The standard InChI is InChI=1S/C17H25N/c1-4-9-15(2)10-8-11-16(3)14-18-17-12-6-5-7-13-17/h5-7,9,11-13,18H,4,8,10,14H2,1-3H3. The number of rotatable bonds is 7. The highest BCUT2D eigenvalue weighted by Crippen LogP contribution is 2.09. The van der Waals surface area contributed by atoms with Crippen LogP contribution in [0.3, 0.4) is 0 Å². The number of allylic oxidation sites excluding steroid dienone is 3. The van der Waals surface area contributed by atoms with Crippen LogP contribution in [-0.2, 0) is 0 Å². The van der Waals surface area contributed by atoms with E-state index in [-0.39, 0.29) is 0 Å². The van der Waals surface area contributed by atoms with Gasteiger partial charge in [0.1, 0.15) is 0 Å². The minimum atomic E-state index is 0.931. The van der Waals surface area contributed by atoms with Gasteiger partial charge in [-0.05, 0) is 45.2 Å². The molecule has 1 heteroatoms. The van der Waals surface area contributed by atoms with Gasteiger partial charge in [0.25, 0.3) is 0 Å². The Bertz CT molecular complexity index is 387. The first-order valence-corrected chi connectivity index (χ1v) is 6.82. The Balaban J connectivity index is 2.28. The highest BCUT2D eigenvalue weighted by molar-refractivity contribution is 5.43. The summed E-state index contributed by atoms with van der Waals surface area (Å²) in [6.45, 7) is 7.53. The Labute approximate surface area is 112 Å². The maximum Gasteiger partial charge on any atom is 0.0357 e. The first kappa shape index (κ1) is 14.6. The molecule has 98 valence electrons. The van der Waals surface area contributed by atoms with Gasteiger partial charge in [-0.25, -0.2) is 0 Å². The molecule has 0 bridgehead atoms. The Morgan fingerprint density at radius 1 is 1.06 bits per heavy atom. The average Bonchev–Trinajstić information content (AvgIpc) is 2.38. The molecule has 0 fully saturated rings. The molecular formula is C17H25N. The molecule has 0 aliphatic heterocycles. The monoisotopic (exact) mass is 243 g/mol. The zero-order valence-corrected chi connectivity index (χ0v) is 11.9. The molecule has 0 spiro atoms. The molecule has 1 aromatic carbocycles. The fourth-order valence-electron chi connectivity index (χ4n) is 1.87. The van der Waals surface area contributed by atoms with E-state index >= 15 is 0 Å². The topological polar surface area (TPSA) is 12.0 Å². The summed E-state index contributed by atoms with van der Waals surface area (Å²) in [5.74, 6) is 0. The lowest BCUT2D eigenvalue weighted by Gasteiger charge is -2.06. The highest BCUT2D eigenvalue weighted by Gasteiger charge is 1.92. The van der Waals surface area contributed by atoms with Crippen molar-refractivity contribution in [2.24, 2.45) is 0 Å². The molecule has 0 aliphatic rings. The van der Waals surface area contributed by atoms with Gasteiger partial charge in [0.2, 0.25) is 0 Å². The zero-order valence-electron chi connectivity index (χ0n) is 11.9. The largest absolute Gasteiger partial charge is 0.381 e. The molecule has 1 rings (SSSR count). The van der Waals surface area contributed by atoms with Crippen LogP contribution in [0.5, 0.6) is 0 Å². The van der Waals surface area contributed by atoms with Gasteiger partial charge in [-0.3, -0.25) is 0 Å². The second kappa shape index (κ2) is 8.57. The first-order valence-electron chi connectivity index (χ1n) is 6.82. The van der Waals surface area contributed by atoms with Crippen LogP contribution in [0.25, 0.3) is 0 Å². The molecule has 1 nitrogen and oxygen atoms in total. The molecule has 0 radical (unpaired) electrons. The van der Waals surface area contributed by atoms with E-state index < -0.39 is 0 Å². The Hall–Kier alpha value is -1.50. The van der Waals surface area contributed by atoms with E-state index in [0.29, 0.717) is 0 Å². The van der Waals surface area contributed by atoms with Crippen molar-refractivity contribution in [2.45, 2.75) is 40.0 Å². The van der Waals surface area contributed by atoms with Gasteiger partial charge in [-0.2, -0.15) is 0 Å². The van der Waals surface area contributed by atoms with E-state index in [4.69, 9.17) is 0 Å². The van der Waals surface area contributed by atoms with Gasteiger partial charge in [0.05, 0.1) is 0 Å². The van der Waals surface area contributed by atoms with Crippen LogP contribution in [0, 0.1) is 0 Å². The Kier molecular flexibility index (Phi) is 6.93. The summed E-state index contributed by atoms with van der Waals surface area (Å²) in [5, 5.41) is 3.42. The van der Waals surface area contributed by atoms with Crippen LogP contribution in [0.1, 0.15) is 40.0 Å². The van der Waals surface area contributed by atoms with E-state index in [9.17, 15) is 0 Å². The fraction of sp³-hybridized carbons (Fsp3) is 0.412. The minimum Gasteiger partial charge on any atom is -0.381 e. The summed E-state index contributed by atoms with van der Waals surface area (Å²) >= 11 is 0. The van der Waals surface area contributed by atoms with Crippen molar-refractivity contribution in [3.8, 4) is 0 Å². The van der Waals surface area contributed by atoms with Crippen molar-refractivity contribution in [2.75, 3.05) is 11.9 Å². The van der Waals surface area contributed by atoms with Gasteiger partial charge in [0.15, 0.2) is 0 Å². The molecule has 0 heterocycles. The van der Waals surface area contributed by atoms with Crippen molar-refractivity contribution in [1.29, 1.82) is 0 Å². The van der Waals surface area contributed by atoms with Crippen LogP contribution in [0.15, 0.2) is 53.6 Å². The van der Waals surface area contributed by atoms with Crippen LogP contribution in [0.2, 0.25) is 0 Å². The van der Waals surface area contributed by atoms with E-state index in [0.717, 1.165) is 19.4 Å². The summed E-state index contributed by atoms with van der Waals surface area (Å²) < 4.78 is 0. The van der Waals surface area contributed by atoms with Crippen molar-refractivity contribution >= 4 is 5.69 Å². The molecule has 18 heavy (non-hydrogen) atoms. The van der Waals surface area contributed by atoms with Crippen molar-refractivity contribution in [3.05, 3.63) is 53.6 Å². The maximum absolute atomic E-state index is 3.42. The number of anilines is 1. The number of hydrogen-bond acceptors (Lipinski definition) is 1. The summed E-state index contributed by atoms with van der Waals surface area (Å²) in [6, 6.07) is 10.3. The van der Waals surface area contributed by atoms with Crippen molar-refractivity contribution in [1.82, 2.24) is 0 Å². The van der Waals surface area contributed by atoms with Crippen LogP contribution in [0.4, 0.5) is 5.69 Å². The third-order valence-corrected chi connectivity index (χ3v) is 2.93. The molecule has 0 aromatic heterocycles. The van der Waals surface area contributed by atoms with E-state index in [1.165, 1.54) is 23.3 Å². The molecule has 0 unspecified atom stereocenters. The quantitative estimate of drug-likeness (QED) is 0.650. The molecule has 1 N–H and O–H groups in total. The van der Waals surface area contributed by atoms with Crippen LogP contribution >= 0.6 is 0 Å². The van der Waals surface area contributed by atoms with E-state index in [1.54, 1.807) is 0 Å². The summed E-state index contributed by atoms with van der Waals surface area (Å²) in [4.78, 5) is 0. The smallest absolute Gasteiger partial charge is 0.0357 e. The molecule has 0 saturated heterocycles. The fourth-order valence-corrected chi connectivity index (χ4v) is 1.87. The predicted octanol–water partition coefficient (Wildman–Crippen LogP) is 5.18. The molecule has 0 atom stereocenters. The Morgan fingerprint density at radius 2 is 1.78 bits per heavy atom. The predicted molar refractivity (Wildman–Crippen MR) is 82.0 cm³/mol. The second-order valence-electron chi connectivity index (χ2n) is 4.77. The van der Waals surface area contributed by atoms with Gasteiger partial charge in [0, 0.05) is 12.2 Å². The number of para-hydroxylation sites is 1. The van der Waals surface area contributed by atoms with Crippen LogP contribution < -0.4 is 5.32 Å². The minimum absolute atomic E-state index is 0.931. The van der Waals surface area contributed by atoms with Crippen LogP contribution in [-0.4, -0.2) is 6.54 Å². The summed E-state index contributed by atoms with van der Waals surface area (Å²) in [5.41, 5.74) is 4.09. The number of hydrogen-bond donors (Lipinski definition) is 1. The third-order valence-electron chi connectivity index (χ3n) is 2.93. The average molecular weight is 243 g/mol. The van der Waals surface area contributed by atoms with Gasteiger partial charge in [-0.15, -0.1) is 0 Å². The normalized spacial score (nSPS) is 12.6. The zero-order chi connectivity index (χ0) is 13.2. The van der Waals surface area contributed by atoms with Crippen molar-refractivity contribution in [3.63, 3.8) is 0 Å². The molecular weight excluding hydrogens is 218 g/mol. The SMILES string of the molecule is CCC=C(C)CCC=C(C)CNc1ccccc1. The summed E-state index contributed by atoms with van der Waals surface area (Å²) in [7, 11) is 0. The second-order valence-corrected chi connectivity index (χ2v) is 4.77.